The number of rotatable bonds is 11. The van der Waals surface area contributed by atoms with E-state index in [4.69, 9.17) is 14.2 Å². The highest BCUT2D eigenvalue weighted by molar-refractivity contribution is 14.0. The van der Waals surface area contributed by atoms with Crippen LogP contribution in [0.3, 0.4) is 0 Å². The van der Waals surface area contributed by atoms with E-state index in [1.165, 1.54) is 0 Å². The molecule has 0 fully saturated rings. The molecule has 3 N–H and O–H groups in total. The quantitative estimate of drug-likeness (QED) is 0.195. The molecule has 0 aromatic heterocycles. The van der Waals surface area contributed by atoms with Gasteiger partial charge in [-0.3, -0.25) is 4.99 Å². The molecular formula is C18H32IN3O4. The van der Waals surface area contributed by atoms with Gasteiger partial charge in [0.1, 0.15) is 11.5 Å². The van der Waals surface area contributed by atoms with Crippen LogP contribution in [-0.4, -0.2) is 58.1 Å². The first kappa shape index (κ1) is 24.7. The lowest BCUT2D eigenvalue weighted by atomic mass is 10.1. The van der Waals surface area contributed by atoms with E-state index in [1.807, 2.05) is 13.8 Å². The average molecular weight is 481 g/mol. The van der Waals surface area contributed by atoms with Gasteiger partial charge in [0.2, 0.25) is 0 Å². The van der Waals surface area contributed by atoms with Crippen LogP contribution in [0.2, 0.25) is 0 Å². The minimum Gasteiger partial charge on any atom is -0.497 e. The fourth-order valence-corrected chi connectivity index (χ4v) is 2.17. The molecule has 0 radical (unpaired) electrons. The Morgan fingerprint density at radius 2 is 1.77 bits per heavy atom. The second-order valence-electron chi connectivity index (χ2n) is 5.36. The molecule has 0 aliphatic rings. The molecular weight excluding hydrogens is 449 g/mol. The average Bonchev–Trinajstić information content (AvgIpc) is 2.64. The van der Waals surface area contributed by atoms with E-state index in [-0.39, 0.29) is 30.5 Å². The first-order chi connectivity index (χ1) is 12.1. The van der Waals surface area contributed by atoms with E-state index in [1.54, 1.807) is 32.4 Å². The van der Waals surface area contributed by atoms with Crippen LogP contribution >= 0.6 is 24.0 Å². The SMILES string of the molecule is CCNC(=NCC(O)c1cc(OC)cc(OC)c1)NCCCOCC.I. The van der Waals surface area contributed by atoms with Crippen LogP contribution < -0.4 is 20.1 Å². The normalized spacial score (nSPS) is 12.1. The molecule has 7 nitrogen and oxygen atoms in total. The maximum absolute atomic E-state index is 10.4. The molecule has 1 aromatic rings. The summed E-state index contributed by atoms with van der Waals surface area (Å²) in [5, 5.41) is 16.8. The van der Waals surface area contributed by atoms with E-state index in [0.717, 1.165) is 32.7 Å². The number of hydrogen-bond acceptors (Lipinski definition) is 5. The third-order valence-electron chi connectivity index (χ3n) is 3.49. The lowest BCUT2D eigenvalue weighted by molar-refractivity contribution is 0.145. The molecule has 8 heteroatoms. The molecule has 0 aliphatic carbocycles. The number of methoxy groups -OCH3 is 2. The largest absolute Gasteiger partial charge is 0.497 e. The summed E-state index contributed by atoms with van der Waals surface area (Å²) in [4.78, 5) is 4.44. The summed E-state index contributed by atoms with van der Waals surface area (Å²) in [5.74, 6) is 1.95. The lowest BCUT2D eigenvalue weighted by Gasteiger charge is -2.15. The lowest BCUT2D eigenvalue weighted by Crippen LogP contribution is -2.38. The predicted octanol–water partition coefficient (Wildman–Crippen LogP) is 2.34. The van der Waals surface area contributed by atoms with Crippen molar-refractivity contribution in [3.63, 3.8) is 0 Å². The maximum atomic E-state index is 10.4. The number of hydrogen-bond donors (Lipinski definition) is 3. The number of guanidine groups is 1. The smallest absolute Gasteiger partial charge is 0.191 e. The second-order valence-corrected chi connectivity index (χ2v) is 5.36. The number of benzene rings is 1. The van der Waals surface area contributed by atoms with Gasteiger partial charge in [-0.1, -0.05) is 0 Å². The second kappa shape index (κ2) is 14.9. The van der Waals surface area contributed by atoms with Crippen LogP contribution in [-0.2, 0) is 4.74 Å². The van der Waals surface area contributed by atoms with Crippen molar-refractivity contribution in [2.24, 2.45) is 4.99 Å². The van der Waals surface area contributed by atoms with E-state index in [2.05, 4.69) is 15.6 Å². The van der Waals surface area contributed by atoms with Crippen LogP contribution in [0.1, 0.15) is 31.9 Å². The standard InChI is InChI=1S/C18H31N3O4.HI/c1-5-19-18(20-8-7-9-25-6-2)21-13-17(22)14-10-15(23-3)12-16(11-14)24-4;/h10-12,17,22H,5-9,13H2,1-4H3,(H2,19,20,21);1H. The minimum atomic E-state index is -0.747. The molecule has 1 atom stereocenters. The molecule has 1 aromatic carbocycles. The summed E-state index contributed by atoms with van der Waals surface area (Å²) in [6, 6.07) is 5.33. The third kappa shape index (κ3) is 9.44. The summed E-state index contributed by atoms with van der Waals surface area (Å²) >= 11 is 0. The molecule has 0 saturated heterocycles. The van der Waals surface area contributed by atoms with Crippen LogP contribution in [0, 0.1) is 0 Å². The van der Waals surface area contributed by atoms with Crippen molar-refractivity contribution in [2.75, 3.05) is 47.1 Å². The maximum Gasteiger partial charge on any atom is 0.191 e. The van der Waals surface area contributed by atoms with Gasteiger partial charge in [-0.15, -0.1) is 24.0 Å². The number of halogens is 1. The van der Waals surface area contributed by atoms with Crippen molar-refractivity contribution in [1.29, 1.82) is 0 Å². The Bertz CT molecular complexity index is 507. The zero-order valence-corrected chi connectivity index (χ0v) is 18.4. The monoisotopic (exact) mass is 481 g/mol. The summed E-state index contributed by atoms with van der Waals surface area (Å²) in [6.45, 7) is 7.17. The highest BCUT2D eigenvalue weighted by atomic mass is 127. The molecule has 150 valence electrons. The number of aliphatic imine (C=N–C) groups is 1. The number of ether oxygens (including phenoxy) is 3. The van der Waals surface area contributed by atoms with Crippen LogP contribution in [0.15, 0.2) is 23.2 Å². The van der Waals surface area contributed by atoms with Crippen molar-refractivity contribution in [1.82, 2.24) is 10.6 Å². The zero-order chi connectivity index (χ0) is 18.5. The number of aliphatic hydroxyl groups is 1. The summed E-state index contributed by atoms with van der Waals surface area (Å²) in [6.07, 6.45) is 0.149. The van der Waals surface area contributed by atoms with E-state index in [0.29, 0.717) is 23.0 Å². The van der Waals surface area contributed by atoms with Crippen LogP contribution in [0.4, 0.5) is 0 Å². The Hall–Kier alpha value is -1.26. The molecule has 1 unspecified atom stereocenters. The molecule has 26 heavy (non-hydrogen) atoms. The van der Waals surface area contributed by atoms with Gasteiger partial charge in [0.25, 0.3) is 0 Å². The minimum absolute atomic E-state index is 0. The van der Waals surface area contributed by atoms with Crippen molar-refractivity contribution < 1.29 is 19.3 Å². The van der Waals surface area contributed by atoms with Crippen molar-refractivity contribution >= 4 is 29.9 Å². The Morgan fingerprint density at radius 3 is 2.31 bits per heavy atom. The van der Waals surface area contributed by atoms with E-state index < -0.39 is 6.10 Å². The summed E-state index contributed by atoms with van der Waals surface area (Å²) in [7, 11) is 3.16. The molecule has 0 saturated carbocycles. The van der Waals surface area contributed by atoms with Gasteiger partial charge in [0.15, 0.2) is 5.96 Å². The molecule has 0 aliphatic heterocycles. The summed E-state index contributed by atoms with van der Waals surface area (Å²) in [5.41, 5.74) is 0.701. The first-order valence-electron chi connectivity index (χ1n) is 8.65. The predicted molar refractivity (Wildman–Crippen MR) is 115 cm³/mol. The van der Waals surface area contributed by atoms with Gasteiger partial charge >= 0.3 is 0 Å². The number of aliphatic hydroxyl groups excluding tert-OH is 1. The molecule has 1 rings (SSSR count). The van der Waals surface area contributed by atoms with Gasteiger partial charge < -0.3 is 30.0 Å². The van der Waals surface area contributed by atoms with Crippen molar-refractivity contribution in [3.8, 4) is 11.5 Å². The highest BCUT2D eigenvalue weighted by Crippen LogP contribution is 2.26. The highest BCUT2D eigenvalue weighted by Gasteiger charge is 2.11. The zero-order valence-electron chi connectivity index (χ0n) is 16.1. The Kier molecular flexibility index (Phi) is 14.1. The first-order valence-corrected chi connectivity index (χ1v) is 8.65. The van der Waals surface area contributed by atoms with Gasteiger partial charge in [-0.05, 0) is 38.0 Å². The third-order valence-corrected chi connectivity index (χ3v) is 3.49. The number of nitrogens with one attached hydrogen (secondary N) is 2. The molecule has 0 amide bonds. The molecule has 0 heterocycles. The number of nitrogens with zero attached hydrogens (tertiary/aromatic N) is 1. The van der Waals surface area contributed by atoms with Crippen molar-refractivity contribution in [2.45, 2.75) is 26.4 Å². The Morgan fingerprint density at radius 1 is 1.12 bits per heavy atom. The van der Waals surface area contributed by atoms with E-state index >= 15 is 0 Å². The van der Waals surface area contributed by atoms with E-state index in [9.17, 15) is 5.11 Å². The fraction of sp³-hybridized carbons (Fsp3) is 0.611. The van der Waals surface area contributed by atoms with Gasteiger partial charge in [0, 0.05) is 32.4 Å². The Labute approximate surface area is 173 Å². The Balaban J connectivity index is 0.00000625. The fourth-order valence-electron chi connectivity index (χ4n) is 2.17. The molecule has 0 bridgehead atoms. The molecule has 0 spiro atoms. The topological polar surface area (TPSA) is 84.3 Å². The van der Waals surface area contributed by atoms with Crippen LogP contribution in [0.5, 0.6) is 11.5 Å². The van der Waals surface area contributed by atoms with Gasteiger partial charge in [-0.2, -0.15) is 0 Å². The van der Waals surface area contributed by atoms with Crippen molar-refractivity contribution in [3.05, 3.63) is 23.8 Å². The van der Waals surface area contributed by atoms with Gasteiger partial charge in [-0.25, -0.2) is 0 Å². The van der Waals surface area contributed by atoms with Crippen LogP contribution in [0.25, 0.3) is 0 Å². The van der Waals surface area contributed by atoms with Gasteiger partial charge in [0.05, 0.1) is 26.9 Å². The summed E-state index contributed by atoms with van der Waals surface area (Å²) < 4.78 is 15.8.